The van der Waals surface area contributed by atoms with E-state index < -0.39 is 0 Å². The summed E-state index contributed by atoms with van der Waals surface area (Å²) in [5.74, 6) is 0.926. The van der Waals surface area contributed by atoms with Crippen molar-refractivity contribution in [1.29, 1.82) is 0 Å². The molecule has 1 aromatic carbocycles. The number of para-hydroxylation sites is 1. The molecule has 4 heteroatoms. The number of ether oxygens (including phenoxy) is 1. The van der Waals surface area contributed by atoms with Crippen molar-refractivity contribution >= 4 is 12.0 Å². The Balaban J connectivity index is 1.70. The first-order valence-electron chi connectivity index (χ1n) is 7.62. The molecule has 21 heavy (non-hydrogen) atoms. The summed E-state index contributed by atoms with van der Waals surface area (Å²) in [5, 5.41) is 12.5. The molecule has 2 N–H and O–H groups in total. The summed E-state index contributed by atoms with van der Waals surface area (Å²) >= 11 is 0. The molecule has 2 aliphatic rings. The topological polar surface area (TPSA) is 58.6 Å². The van der Waals surface area contributed by atoms with Gasteiger partial charge >= 0.3 is 0 Å². The van der Waals surface area contributed by atoms with Gasteiger partial charge in [0.15, 0.2) is 0 Å². The molecule has 3 rings (SSSR count). The van der Waals surface area contributed by atoms with E-state index in [1.165, 1.54) is 0 Å². The lowest BCUT2D eigenvalue weighted by molar-refractivity contribution is -0.119. The van der Waals surface area contributed by atoms with Gasteiger partial charge in [-0.25, -0.2) is 0 Å². The third-order valence-corrected chi connectivity index (χ3v) is 4.38. The molecule has 1 amide bonds. The molecule has 2 unspecified atom stereocenters. The lowest BCUT2D eigenvalue weighted by atomic mass is 9.85. The van der Waals surface area contributed by atoms with Gasteiger partial charge in [0.05, 0.1) is 5.57 Å². The molecular weight excluding hydrogens is 266 g/mol. The van der Waals surface area contributed by atoms with Crippen LogP contribution in [0.2, 0.25) is 0 Å². The average molecular weight is 287 g/mol. The largest absolute Gasteiger partial charge is 0.488 e. The lowest BCUT2D eigenvalue weighted by Crippen LogP contribution is -2.44. The summed E-state index contributed by atoms with van der Waals surface area (Å²) in [6.45, 7) is 0.447. The highest BCUT2D eigenvalue weighted by molar-refractivity contribution is 5.99. The Morgan fingerprint density at radius 3 is 2.95 bits per heavy atom. The molecule has 0 radical (unpaired) electrons. The zero-order valence-corrected chi connectivity index (χ0v) is 12.0. The molecule has 1 aliphatic heterocycles. The molecule has 1 heterocycles. The van der Waals surface area contributed by atoms with Crippen molar-refractivity contribution in [2.75, 3.05) is 13.2 Å². The van der Waals surface area contributed by atoms with Gasteiger partial charge in [-0.15, -0.1) is 0 Å². The van der Waals surface area contributed by atoms with Gasteiger partial charge in [-0.1, -0.05) is 31.0 Å². The zero-order chi connectivity index (χ0) is 14.7. The van der Waals surface area contributed by atoms with Crippen LogP contribution in [0.1, 0.15) is 31.2 Å². The highest BCUT2D eigenvalue weighted by atomic mass is 16.5. The quantitative estimate of drug-likeness (QED) is 0.895. The summed E-state index contributed by atoms with van der Waals surface area (Å²) in [5.41, 5.74) is 1.59. The Morgan fingerprint density at radius 2 is 2.10 bits per heavy atom. The SMILES string of the molecule is O=C(NC1CCCCC1CO)C1=Cc2ccccc2OC1. The van der Waals surface area contributed by atoms with Gasteiger partial charge in [0.25, 0.3) is 5.91 Å². The van der Waals surface area contributed by atoms with Crippen molar-refractivity contribution in [1.82, 2.24) is 5.32 Å². The van der Waals surface area contributed by atoms with E-state index in [1.807, 2.05) is 30.3 Å². The minimum absolute atomic E-state index is 0.0742. The summed E-state index contributed by atoms with van der Waals surface area (Å²) in [6.07, 6.45) is 6.07. The van der Waals surface area contributed by atoms with E-state index in [-0.39, 0.29) is 24.5 Å². The minimum Gasteiger partial charge on any atom is -0.488 e. The Kier molecular flexibility index (Phi) is 4.25. The van der Waals surface area contributed by atoms with Gasteiger partial charge in [0.2, 0.25) is 0 Å². The van der Waals surface area contributed by atoms with Crippen molar-refractivity contribution in [3.8, 4) is 5.75 Å². The fourth-order valence-corrected chi connectivity index (χ4v) is 3.12. The Bertz CT molecular complexity index is 553. The molecule has 0 saturated heterocycles. The predicted molar refractivity (Wildman–Crippen MR) is 80.9 cm³/mol. The molecule has 112 valence electrons. The van der Waals surface area contributed by atoms with Crippen molar-refractivity contribution in [3.05, 3.63) is 35.4 Å². The zero-order valence-electron chi connectivity index (χ0n) is 12.0. The number of aliphatic hydroxyl groups is 1. The van der Waals surface area contributed by atoms with Crippen LogP contribution < -0.4 is 10.1 Å². The molecule has 2 atom stereocenters. The number of nitrogens with one attached hydrogen (secondary N) is 1. The summed E-state index contributed by atoms with van der Waals surface area (Å²) < 4.78 is 5.62. The van der Waals surface area contributed by atoms with E-state index >= 15 is 0 Å². The molecule has 1 aliphatic carbocycles. The predicted octanol–water partition coefficient (Wildman–Crippen LogP) is 2.13. The van der Waals surface area contributed by atoms with Gasteiger partial charge in [-0.3, -0.25) is 4.79 Å². The third kappa shape index (κ3) is 3.10. The number of benzene rings is 1. The third-order valence-electron chi connectivity index (χ3n) is 4.38. The fraction of sp³-hybridized carbons (Fsp3) is 0.471. The maximum Gasteiger partial charge on any atom is 0.250 e. The summed E-state index contributed by atoms with van der Waals surface area (Å²) in [6, 6.07) is 7.78. The Hall–Kier alpha value is -1.81. The van der Waals surface area contributed by atoms with Crippen LogP contribution >= 0.6 is 0 Å². The molecule has 0 bridgehead atoms. The van der Waals surface area contributed by atoms with Crippen molar-refractivity contribution in [2.24, 2.45) is 5.92 Å². The highest BCUT2D eigenvalue weighted by Gasteiger charge is 2.27. The van der Waals surface area contributed by atoms with Crippen LogP contribution in [0.5, 0.6) is 5.75 Å². The number of carbonyl (C=O) groups excluding carboxylic acids is 1. The second-order valence-electron chi connectivity index (χ2n) is 5.80. The second kappa shape index (κ2) is 6.31. The van der Waals surface area contributed by atoms with Crippen LogP contribution in [0.4, 0.5) is 0 Å². The number of amides is 1. The van der Waals surface area contributed by atoms with E-state index in [0.29, 0.717) is 12.2 Å². The van der Waals surface area contributed by atoms with Crippen LogP contribution in [0.15, 0.2) is 29.8 Å². The number of fused-ring (bicyclic) bond motifs is 1. The monoisotopic (exact) mass is 287 g/mol. The molecule has 0 spiro atoms. The number of carbonyl (C=O) groups is 1. The standard InChI is InChI=1S/C17H21NO3/c19-10-13-6-1-3-7-15(13)18-17(20)14-9-12-5-2-4-8-16(12)21-11-14/h2,4-5,8-9,13,15,19H,1,3,6-7,10-11H2,(H,18,20). The van der Waals surface area contributed by atoms with Crippen LogP contribution in [0.25, 0.3) is 6.08 Å². The Morgan fingerprint density at radius 1 is 1.29 bits per heavy atom. The van der Waals surface area contributed by atoms with Gasteiger partial charge in [0.1, 0.15) is 12.4 Å². The van der Waals surface area contributed by atoms with E-state index in [2.05, 4.69) is 5.32 Å². The first kappa shape index (κ1) is 14.1. The van der Waals surface area contributed by atoms with Crippen LogP contribution in [0.3, 0.4) is 0 Å². The number of hydrogen-bond donors (Lipinski definition) is 2. The van der Waals surface area contributed by atoms with E-state index in [1.54, 1.807) is 0 Å². The first-order chi connectivity index (χ1) is 10.3. The van der Waals surface area contributed by atoms with Crippen LogP contribution in [-0.2, 0) is 4.79 Å². The van der Waals surface area contributed by atoms with Crippen LogP contribution in [-0.4, -0.2) is 30.3 Å². The van der Waals surface area contributed by atoms with Crippen LogP contribution in [0, 0.1) is 5.92 Å². The first-order valence-corrected chi connectivity index (χ1v) is 7.62. The van der Waals surface area contributed by atoms with Gasteiger partial charge in [-0.2, -0.15) is 0 Å². The van der Waals surface area contributed by atoms with Gasteiger partial charge in [-0.05, 0) is 25.0 Å². The normalized spacial score (nSPS) is 24.5. The van der Waals surface area contributed by atoms with E-state index in [4.69, 9.17) is 4.74 Å². The maximum absolute atomic E-state index is 12.4. The smallest absolute Gasteiger partial charge is 0.250 e. The Labute approximate surface area is 124 Å². The maximum atomic E-state index is 12.4. The number of rotatable bonds is 3. The molecule has 1 aromatic rings. The molecule has 0 aromatic heterocycles. The summed E-state index contributed by atoms with van der Waals surface area (Å²) in [4.78, 5) is 12.4. The molecule has 4 nitrogen and oxygen atoms in total. The number of aliphatic hydroxyl groups excluding tert-OH is 1. The summed E-state index contributed by atoms with van der Waals surface area (Å²) in [7, 11) is 0. The minimum atomic E-state index is -0.0742. The average Bonchev–Trinajstić information content (AvgIpc) is 2.55. The van der Waals surface area contributed by atoms with Gasteiger partial charge in [0, 0.05) is 24.1 Å². The van der Waals surface area contributed by atoms with E-state index in [0.717, 1.165) is 37.0 Å². The molecular formula is C17H21NO3. The van der Waals surface area contributed by atoms with Crippen molar-refractivity contribution in [2.45, 2.75) is 31.7 Å². The highest BCUT2D eigenvalue weighted by Crippen LogP contribution is 2.27. The molecule has 1 fully saturated rings. The molecule has 1 saturated carbocycles. The van der Waals surface area contributed by atoms with Crippen molar-refractivity contribution in [3.63, 3.8) is 0 Å². The number of hydrogen-bond acceptors (Lipinski definition) is 3. The van der Waals surface area contributed by atoms with Gasteiger partial charge < -0.3 is 15.2 Å². The van der Waals surface area contributed by atoms with Crippen molar-refractivity contribution < 1.29 is 14.6 Å². The lowest BCUT2D eigenvalue weighted by Gasteiger charge is -2.31. The van der Waals surface area contributed by atoms with E-state index in [9.17, 15) is 9.90 Å². The second-order valence-corrected chi connectivity index (χ2v) is 5.80. The fourth-order valence-electron chi connectivity index (χ4n) is 3.12.